The molecule has 5 aromatic rings. The average molecular weight is 450 g/mol. The van der Waals surface area contributed by atoms with Crippen LogP contribution in [0.15, 0.2) is 71.3 Å². The number of pyridine rings is 1. The molecule has 3 aromatic carbocycles. The molecule has 3 nitrogen and oxygen atoms in total. The summed E-state index contributed by atoms with van der Waals surface area (Å²) < 4.78 is 23.3. The van der Waals surface area contributed by atoms with Gasteiger partial charge in [0.25, 0.3) is 0 Å². The SMILES string of the molecule is [C-]#[N+]c1cc(-c2ccccc2)c2oc3c(-c4cc(C(C)(C)C)c(F)c[n+]4C)c(C)ccc3c2c1. The maximum atomic E-state index is 14.9. The van der Waals surface area contributed by atoms with Crippen molar-refractivity contribution < 1.29 is 13.4 Å². The summed E-state index contributed by atoms with van der Waals surface area (Å²) in [7, 11) is 1.86. The van der Waals surface area contributed by atoms with Crippen molar-refractivity contribution in [3.8, 4) is 22.4 Å². The molecule has 0 aliphatic carbocycles. The molecule has 0 radical (unpaired) electrons. The lowest BCUT2D eigenvalue weighted by Gasteiger charge is -2.19. The highest BCUT2D eigenvalue weighted by Gasteiger charge is 2.27. The number of benzene rings is 3. The summed E-state index contributed by atoms with van der Waals surface area (Å²) in [5.41, 5.74) is 7.14. The Hall–Kier alpha value is -3.97. The lowest BCUT2D eigenvalue weighted by Crippen LogP contribution is -2.33. The molecule has 0 fully saturated rings. The predicted molar refractivity (Wildman–Crippen MR) is 135 cm³/mol. The van der Waals surface area contributed by atoms with Crippen molar-refractivity contribution in [2.75, 3.05) is 0 Å². The summed E-state index contributed by atoms with van der Waals surface area (Å²) in [6.07, 6.45) is 1.54. The first-order valence-corrected chi connectivity index (χ1v) is 11.3. The normalized spacial score (nSPS) is 11.8. The second kappa shape index (κ2) is 7.81. The van der Waals surface area contributed by atoms with E-state index in [1.54, 1.807) is 6.20 Å². The fourth-order valence-electron chi connectivity index (χ4n) is 4.68. The first-order chi connectivity index (χ1) is 16.2. The van der Waals surface area contributed by atoms with E-state index in [2.05, 4.69) is 17.0 Å². The Morgan fingerprint density at radius 1 is 0.941 bits per heavy atom. The average Bonchev–Trinajstić information content (AvgIpc) is 3.17. The van der Waals surface area contributed by atoms with Crippen LogP contribution < -0.4 is 4.57 Å². The summed E-state index contributed by atoms with van der Waals surface area (Å²) in [6.45, 7) is 15.7. The molecule has 5 rings (SSSR count). The molecule has 0 atom stereocenters. The summed E-state index contributed by atoms with van der Waals surface area (Å²) in [6, 6.07) is 19.8. The van der Waals surface area contributed by atoms with Crippen LogP contribution in [0.3, 0.4) is 0 Å². The van der Waals surface area contributed by atoms with Gasteiger partial charge >= 0.3 is 0 Å². The van der Waals surface area contributed by atoms with E-state index in [-0.39, 0.29) is 11.2 Å². The Balaban J connectivity index is 1.90. The third-order valence-corrected chi connectivity index (χ3v) is 6.44. The molecule has 0 spiro atoms. The zero-order valence-electron chi connectivity index (χ0n) is 20.0. The number of rotatable bonds is 2. The van der Waals surface area contributed by atoms with Gasteiger partial charge in [0.1, 0.15) is 18.2 Å². The molecular weight excluding hydrogens is 423 g/mol. The van der Waals surface area contributed by atoms with Gasteiger partial charge in [0.05, 0.1) is 12.1 Å². The molecule has 4 heteroatoms. The van der Waals surface area contributed by atoms with Crippen LogP contribution >= 0.6 is 0 Å². The minimum atomic E-state index is -0.340. The molecule has 34 heavy (non-hydrogen) atoms. The summed E-state index contributed by atoms with van der Waals surface area (Å²) in [5.74, 6) is -0.221. The van der Waals surface area contributed by atoms with Crippen molar-refractivity contribution in [1.82, 2.24) is 0 Å². The predicted octanol–water partition coefficient (Wildman–Crippen LogP) is 8.04. The van der Waals surface area contributed by atoms with Crippen molar-refractivity contribution in [2.45, 2.75) is 33.1 Å². The molecule has 168 valence electrons. The van der Waals surface area contributed by atoms with Gasteiger partial charge in [-0.05, 0) is 35.6 Å². The fourth-order valence-corrected chi connectivity index (χ4v) is 4.68. The maximum absolute atomic E-state index is 14.9. The quantitative estimate of drug-likeness (QED) is 0.197. The van der Waals surface area contributed by atoms with Gasteiger partial charge in [-0.2, -0.15) is 4.57 Å². The second-order valence-corrected chi connectivity index (χ2v) is 9.87. The molecule has 0 saturated carbocycles. The van der Waals surface area contributed by atoms with Gasteiger partial charge in [-0.25, -0.2) is 9.24 Å². The third kappa shape index (κ3) is 3.45. The van der Waals surface area contributed by atoms with Crippen LogP contribution in [-0.2, 0) is 12.5 Å². The second-order valence-electron chi connectivity index (χ2n) is 9.87. The number of fused-ring (bicyclic) bond motifs is 3. The zero-order valence-corrected chi connectivity index (χ0v) is 20.0. The Kier molecular flexibility index (Phi) is 5.02. The Labute approximate surface area is 198 Å². The number of aryl methyl sites for hydroxylation is 2. The van der Waals surface area contributed by atoms with Gasteiger partial charge in [0, 0.05) is 28.0 Å². The Bertz CT molecular complexity index is 1620. The third-order valence-electron chi connectivity index (χ3n) is 6.44. The minimum Gasteiger partial charge on any atom is -0.455 e. The number of halogens is 1. The highest BCUT2D eigenvalue weighted by molar-refractivity contribution is 6.14. The number of aromatic nitrogens is 1. The van der Waals surface area contributed by atoms with E-state index in [1.807, 2.05) is 87.8 Å². The highest BCUT2D eigenvalue weighted by Crippen LogP contribution is 2.43. The minimum absolute atomic E-state index is 0.221. The van der Waals surface area contributed by atoms with E-state index in [9.17, 15) is 4.39 Å². The van der Waals surface area contributed by atoms with Crippen molar-refractivity contribution in [1.29, 1.82) is 0 Å². The molecule has 0 saturated heterocycles. The van der Waals surface area contributed by atoms with Crippen molar-refractivity contribution in [3.63, 3.8) is 0 Å². The van der Waals surface area contributed by atoms with E-state index in [4.69, 9.17) is 11.0 Å². The van der Waals surface area contributed by atoms with Gasteiger partial charge in [-0.15, -0.1) is 0 Å². The molecule has 2 aromatic heterocycles. The van der Waals surface area contributed by atoms with Gasteiger partial charge in [0.2, 0.25) is 11.9 Å². The molecule has 2 heterocycles. The lowest BCUT2D eigenvalue weighted by molar-refractivity contribution is -0.662. The van der Waals surface area contributed by atoms with Crippen LogP contribution in [0.4, 0.5) is 10.1 Å². The molecule has 0 bridgehead atoms. The largest absolute Gasteiger partial charge is 0.455 e. The molecule has 0 N–H and O–H groups in total. The van der Waals surface area contributed by atoms with Gasteiger partial charge < -0.3 is 4.42 Å². The first kappa shape index (κ1) is 21.9. The first-order valence-electron chi connectivity index (χ1n) is 11.3. The highest BCUT2D eigenvalue weighted by atomic mass is 19.1. The van der Waals surface area contributed by atoms with E-state index < -0.39 is 0 Å². The Morgan fingerprint density at radius 3 is 2.35 bits per heavy atom. The van der Waals surface area contributed by atoms with Crippen LogP contribution in [-0.4, -0.2) is 0 Å². The van der Waals surface area contributed by atoms with Gasteiger partial charge in [-0.3, -0.25) is 0 Å². The fraction of sp³-hybridized carbons (Fsp3) is 0.200. The lowest BCUT2D eigenvalue weighted by atomic mass is 9.86. The van der Waals surface area contributed by atoms with Gasteiger partial charge in [-0.1, -0.05) is 63.2 Å². The molecule has 0 amide bonds. The van der Waals surface area contributed by atoms with E-state index in [0.29, 0.717) is 11.3 Å². The number of nitrogens with zero attached hydrogens (tertiary/aromatic N) is 2. The van der Waals surface area contributed by atoms with Crippen LogP contribution in [0.5, 0.6) is 0 Å². The zero-order chi connectivity index (χ0) is 24.2. The van der Waals surface area contributed by atoms with Crippen LogP contribution in [0, 0.1) is 19.3 Å². The molecule has 0 aliphatic rings. The van der Waals surface area contributed by atoms with Crippen molar-refractivity contribution >= 4 is 27.6 Å². The van der Waals surface area contributed by atoms with Crippen LogP contribution in [0.2, 0.25) is 0 Å². The van der Waals surface area contributed by atoms with Crippen LogP contribution in [0.25, 0.3) is 49.2 Å². The van der Waals surface area contributed by atoms with Crippen LogP contribution in [0.1, 0.15) is 31.9 Å². The standard InChI is InChI=1S/C30H26FN2O/c1-18-12-13-21-23-15-20(32-5)14-22(19-10-8-7-9-11-19)28(23)34-29(21)27(18)26-16-24(30(2,3)4)25(31)17-33(26)6/h7-17H,1-4,6H3/q+1. The van der Waals surface area contributed by atoms with E-state index >= 15 is 0 Å². The van der Waals surface area contributed by atoms with Crippen molar-refractivity contribution in [2.24, 2.45) is 7.05 Å². The van der Waals surface area contributed by atoms with Crippen molar-refractivity contribution in [3.05, 3.63) is 95.2 Å². The number of furan rings is 1. The topological polar surface area (TPSA) is 21.4 Å². The van der Waals surface area contributed by atoms with E-state index in [1.165, 1.54) is 0 Å². The molecule has 0 aliphatic heterocycles. The molecular formula is C30H26FN2O+. The smallest absolute Gasteiger partial charge is 0.216 e. The molecule has 0 unspecified atom stereocenters. The monoisotopic (exact) mass is 449 g/mol. The summed E-state index contributed by atoms with van der Waals surface area (Å²) >= 11 is 0. The summed E-state index contributed by atoms with van der Waals surface area (Å²) in [5, 5.41) is 1.85. The van der Waals surface area contributed by atoms with E-state index in [0.717, 1.165) is 49.9 Å². The maximum Gasteiger partial charge on any atom is 0.216 e. The summed E-state index contributed by atoms with van der Waals surface area (Å²) in [4.78, 5) is 3.72. The Morgan fingerprint density at radius 2 is 1.68 bits per heavy atom. The number of hydrogen-bond donors (Lipinski definition) is 0. The van der Waals surface area contributed by atoms with Gasteiger partial charge in [0.15, 0.2) is 11.5 Å². The number of hydrogen-bond acceptors (Lipinski definition) is 1.